The zero-order valence-corrected chi connectivity index (χ0v) is 17.6. The fraction of sp³-hybridized carbons (Fsp3) is 0.136. The summed E-state index contributed by atoms with van der Waals surface area (Å²) in [6.07, 6.45) is 0. The number of carbonyl (C=O) groups excluding carboxylic acids is 1. The summed E-state index contributed by atoms with van der Waals surface area (Å²) in [5.74, 6) is 0.631. The SMILES string of the molecule is COc1ccc(OC)c(NC(=O)c2cccc(N(C)S(=O)(=O)c3ccccc3)c2)c1. The van der Waals surface area contributed by atoms with E-state index in [-0.39, 0.29) is 4.90 Å². The quantitative estimate of drug-likeness (QED) is 0.621. The van der Waals surface area contributed by atoms with Crippen LogP contribution < -0.4 is 19.1 Å². The smallest absolute Gasteiger partial charge is 0.264 e. The first-order chi connectivity index (χ1) is 14.4. The first-order valence-electron chi connectivity index (χ1n) is 9.04. The number of nitrogens with one attached hydrogen (secondary N) is 1. The predicted molar refractivity (Wildman–Crippen MR) is 116 cm³/mol. The van der Waals surface area contributed by atoms with Crippen molar-refractivity contribution >= 4 is 27.3 Å². The molecule has 8 heteroatoms. The largest absolute Gasteiger partial charge is 0.497 e. The number of anilines is 2. The minimum absolute atomic E-state index is 0.170. The van der Waals surface area contributed by atoms with Gasteiger partial charge in [-0.25, -0.2) is 8.42 Å². The van der Waals surface area contributed by atoms with Crippen LogP contribution in [-0.2, 0) is 10.0 Å². The van der Waals surface area contributed by atoms with Gasteiger partial charge in [-0.3, -0.25) is 9.10 Å². The van der Waals surface area contributed by atoms with Gasteiger partial charge in [-0.2, -0.15) is 0 Å². The van der Waals surface area contributed by atoms with Gasteiger partial charge in [0.1, 0.15) is 11.5 Å². The number of amides is 1. The highest BCUT2D eigenvalue weighted by Crippen LogP contribution is 2.30. The van der Waals surface area contributed by atoms with Crippen LogP contribution in [0, 0.1) is 0 Å². The zero-order valence-electron chi connectivity index (χ0n) is 16.8. The van der Waals surface area contributed by atoms with E-state index in [0.29, 0.717) is 28.4 Å². The van der Waals surface area contributed by atoms with Crippen LogP contribution in [0.25, 0.3) is 0 Å². The highest BCUT2D eigenvalue weighted by Gasteiger charge is 2.22. The van der Waals surface area contributed by atoms with E-state index in [4.69, 9.17) is 9.47 Å². The van der Waals surface area contributed by atoms with E-state index in [1.807, 2.05) is 0 Å². The molecule has 7 nitrogen and oxygen atoms in total. The Balaban J connectivity index is 1.88. The number of hydrogen-bond donors (Lipinski definition) is 1. The van der Waals surface area contributed by atoms with Gasteiger partial charge in [-0.15, -0.1) is 0 Å². The van der Waals surface area contributed by atoms with Crippen LogP contribution in [0.15, 0.2) is 77.7 Å². The molecule has 0 fully saturated rings. The van der Waals surface area contributed by atoms with E-state index in [1.54, 1.807) is 54.6 Å². The minimum Gasteiger partial charge on any atom is -0.497 e. The van der Waals surface area contributed by atoms with E-state index in [2.05, 4.69) is 5.32 Å². The number of methoxy groups -OCH3 is 2. The Morgan fingerprint density at radius 1 is 0.900 bits per heavy atom. The van der Waals surface area contributed by atoms with Crippen LogP contribution in [0.1, 0.15) is 10.4 Å². The van der Waals surface area contributed by atoms with Gasteiger partial charge in [0.25, 0.3) is 15.9 Å². The van der Waals surface area contributed by atoms with Crippen molar-refractivity contribution in [2.75, 3.05) is 30.9 Å². The Labute approximate surface area is 175 Å². The van der Waals surface area contributed by atoms with Crippen LogP contribution in [-0.4, -0.2) is 35.6 Å². The molecule has 0 aliphatic rings. The summed E-state index contributed by atoms with van der Waals surface area (Å²) in [7, 11) is 0.730. The molecule has 0 saturated carbocycles. The number of sulfonamides is 1. The summed E-state index contributed by atoms with van der Waals surface area (Å²) in [6.45, 7) is 0. The van der Waals surface area contributed by atoms with E-state index in [0.717, 1.165) is 4.31 Å². The molecule has 30 heavy (non-hydrogen) atoms. The van der Waals surface area contributed by atoms with Gasteiger partial charge < -0.3 is 14.8 Å². The monoisotopic (exact) mass is 426 g/mol. The summed E-state index contributed by atoms with van der Waals surface area (Å²) in [4.78, 5) is 13.0. The van der Waals surface area contributed by atoms with Crippen molar-refractivity contribution in [2.45, 2.75) is 4.90 Å². The molecule has 0 aliphatic heterocycles. The van der Waals surface area contributed by atoms with Crippen molar-refractivity contribution in [3.05, 3.63) is 78.4 Å². The average molecular weight is 426 g/mol. The third-order valence-electron chi connectivity index (χ3n) is 4.53. The van der Waals surface area contributed by atoms with Gasteiger partial charge in [0.2, 0.25) is 0 Å². The Bertz CT molecular complexity index is 1150. The van der Waals surface area contributed by atoms with Crippen molar-refractivity contribution in [1.29, 1.82) is 0 Å². The summed E-state index contributed by atoms with van der Waals surface area (Å²) >= 11 is 0. The third kappa shape index (κ3) is 4.38. The highest BCUT2D eigenvalue weighted by molar-refractivity contribution is 7.92. The molecule has 156 valence electrons. The maximum atomic E-state index is 12.9. The van der Waals surface area contributed by atoms with E-state index >= 15 is 0 Å². The molecule has 3 aromatic rings. The lowest BCUT2D eigenvalue weighted by Gasteiger charge is -2.20. The Morgan fingerprint density at radius 3 is 2.30 bits per heavy atom. The minimum atomic E-state index is -3.75. The van der Waals surface area contributed by atoms with Crippen LogP contribution in [0.4, 0.5) is 11.4 Å². The summed E-state index contributed by atoms with van der Waals surface area (Å²) in [5, 5.41) is 2.78. The van der Waals surface area contributed by atoms with Crippen LogP contribution >= 0.6 is 0 Å². The van der Waals surface area contributed by atoms with Crippen molar-refractivity contribution in [1.82, 2.24) is 0 Å². The normalized spacial score (nSPS) is 10.9. The molecule has 0 unspecified atom stereocenters. The average Bonchev–Trinajstić information content (AvgIpc) is 2.79. The maximum Gasteiger partial charge on any atom is 0.264 e. The molecule has 0 radical (unpaired) electrons. The first kappa shape index (κ1) is 21.2. The van der Waals surface area contributed by atoms with E-state index < -0.39 is 15.9 Å². The standard InChI is InChI=1S/C22H22N2O5S/c1-24(30(26,27)19-10-5-4-6-11-19)17-9-7-8-16(14-17)22(25)23-20-15-18(28-2)12-13-21(20)29-3/h4-15H,1-3H3,(H,23,25). The molecular formula is C22H22N2O5S. The van der Waals surface area contributed by atoms with Gasteiger partial charge in [-0.05, 0) is 42.5 Å². The lowest BCUT2D eigenvalue weighted by molar-refractivity contribution is 0.102. The first-order valence-corrected chi connectivity index (χ1v) is 10.5. The van der Waals surface area contributed by atoms with Gasteiger partial charge in [0.15, 0.2) is 0 Å². The molecule has 0 saturated heterocycles. The summed E-state index contributed by atoms with van der Waals surface area (Å²) < 4.78 is 37.3. The van der Waals surface area contributed by atoms with Crippen molar-refractivity contribution in [2.24, 2.45) is 0 Å². The molecule has 3 aromatic carbocycles. The van der Waals surface area contributed by atoms with E-state index in [1.165, 1.54) is 39.5 Å². The van der Waals surface area contributed by atoms with Gasteiger partial charge in [0.05, 0.1) is 30.5 Å². The molecule has 0 spiro atoms. The lowest BCUT2D eigenvalue weighted by Crippen LogP contribution is -2.26. The zero-order chi connectivity index (χ0) is 21.7. The number of benzene rings is 3. The van der Waals surface area contributed by atoms with Crippen LogP contribution in [0.3, 0.4) is 0 Å². The third-order valence-corrected chi connectivity index (χ3v) is 6.33. The number of carbonyl (C=O) groups is 1. The fourth-order valence-corrected chi connectivity index (χ4v) is 4.05. The fourth-order valence-electron chi connectivity index (χ4n) is 2.84. The van der Waals surface area contributed by atoms with Gasteiger partial charge in [0, 0.05) is 18.7 Å². The predicted octanol–water partition coefficient (Wildman–Crippen LogP) is 3.78. The number of nitrogens with zero attached hydrogens (tertiary/aromatic N) is 1. The lowest BCUT2D eigenvalue weighted by atomic mass is 10.1. The number of ether oxygens (including phenoxy) is 2. The van der Waals surface area contributed by atoms with Crippen LogP contribution in [0.2, 0.25) is 0 Å². The summed E-state index contributed by atoms with van der Waals surface area (Å²) in [6, 6.07) is 19.5. The Kier molecular flexibility index (Phi) is 6.27. The molecule has 3 rings (SSSR count). The second kappa shape index (κ2) is 8.87. The molecular weight excluding hydrogens is 404 g/mol. The van der Waals surface area contributed by atoms with Crippen LogP contribution in [0.5, 0.6) is 11.5 Å². The Morgan fingerprint density at radius 2 is 1.63 bits per heavy atom. The van der Waals surface area contributed by atoms with Gasteiger partial charge in [-0.1, -0.05) is 24.3 Å². The van der Waals surface area contributed by atoms with Crippen molar-refractivity contribution in [3.63, 3.8) is 0 Å². The molecule has 0 atom stereocenters. The molecule has 1 N–H and O–H groups in total. The van der Waals surface area contributed by atoms with Crippen molar-refractivity contribution < 1.29 is 22.7 Å². The summed E-state index contributed by atoms with van der Waals surface area (Å²) in [5.41, 5.74) is 1.11. The Hall–Kier alpha value is -3.52. The van der Waals surface area contributed by atoms with Gasteiger partial charge >= 0.3 is 0 Å². The molecule has 0 aromatic heterocycles. The van der Waals surface area contributed by atoms with Crippen molar-refractivity contribution in [3.8, 4) is 11.5 Å². The molecule has 0 aliphatic carbocycles. The topological polar surface area (TPSA) is 84.9 Å². The number of hydrogen-bond acceptors (Lipinski definition) is 5. The molecule has 0 bridgehead atoms. The molecule has 0 heterocycles. The second-order valence-electron chi connectivity index (χ2n) is 6.36. The van der Waals surface area contributed by atoms with E-state index in [9.17, 15) is 13.2 Å². The highest BCUT2D eigenvalue weighted by atomic mass is 32.2. The second-order valence-corrected chi connectivity index (χ2v) is 8.33. The number of rotatable bonds is 7. The maximum absolute atomic E-state index is 12.9. The molecule has 1 amide bonds.